The van der Waals surface area contributed by atoms with E-state index in [1.807, 2.05) is 6.92 Å². The average molecular weight is 312 g/mol. The Labute approximate surface area is 123 Å². The van der Waals surface area contributed by atoms with Crippen LogP contribution in [-0.2, 0) is 16.6 Å². The monoisotopic (exact) mass is 312 g/mol. The smallest absolute Gasteiger partial charge is 0.244 e. The number of aryl methyl sites for hydroxylation is 1. The molecule has 4 N–H and O–H groups in total. The topological polar surface area (TPSA) is 116 Å². The van der Waals surface area contributed by atoms with Crippen LogP contribution in [0.25, 0.3) is 0 Å². The van der Waals surface area contributed by atoms with Crippen molar-refractivity contribution in [3.05, 3.63) is 29.3 Å². The molecule has 2 aromatic rings. The van der Waals surface area contributed by atoms with Gasteiger partial charge in [-0.1, -0.05) is 6.92 Å². The predicted molar refractivity (Wildman–Crippen MR) is 78.0 cm³/mol. The maximum absolute atomic E-state index is 12.6. The zero-order chi connectivity index (χ0) is 15.5. The molecular weight excluding hydrogens is 292 g/mol. The van der Waals surface area contributed by atoms with E-state index in [0.717, 1.165) is 12.1 Å². The average Bonchev–Trinajstić information content (AvgIpc) is 3.05. The molecule has 0 aromatic carbocycles. The number of hydrogen-bond donors (Lipinski definition) is 4. The van der Waals surface area contributed by atoms with Gasteiger partial charge in [-0.2, -0.15) is 10.2 Å². The molecule has 0 bridgehead atoms. The van der Waals surface area contributed by atoms with Crippen LogP contribution in [-0.4, -0.2) is 35.4 Å². The van der Waals surface area contributed by atoms with Gasteiger partial charge in [-0.05, 0) is 20.4 Å². The number of sulfonamides is 1. The Bertz CT molecular complexity index is 677. The van der Waals surface area contributed by atoms with E-state index in [1.165, 1.54) is 0 Å². The van der Waals surface area contributed by atoms with Crippen molar-refractivity contribution < 1.29 is 8.42 Å². The van der Waals surface area contributed by atoms with Crippen LogP contribution in [0.5, 0.6) is 0 Å². The number of H-pyrrole nitrogens is 2. The molecule has 0 fully saturated rings. The minimum absolute atomic E-state index is 0.207. The maximum atomic E-state index is 12.6. The zero-order valence-electron chi connectivity index (χ0n) is 12.3. The number of nitrogens with one attached hydrogen (secondary N) is 4. The summed E-state index contributed by atoms with van der Waals surface area (Å²) in [6.45, 7) is 6.55. The molecular formula is C12H20N6O2S. The maximum Gasteiger partial charge on any atom is 0.244 e. The van der Waals surface area contributed by atoms with Crippen LogP contribution in [0.3, 0.4) is 0 Å². The van der Waals surface area contributed by atoms with E-state index in [0.29, 0.717) is 17.9 Å². The lowest BCUT2D eigenvalue weighted by Gasteiger charge is -2.13. The van der Waals surface area contributed by atoms with Crippen molar-refractivity contribution >= 4 is 10.0 Å². The number of aromatic amines is 2. The highest BCUT2D eigenvalue weighted by Crippen LogP contribution is 2.20. The standard InChI is InChI=1S/C12H20N6O2S/c1-4-13-7-11-12(9(3)16-17-11)21(19,20)18-8(2)10-5-14-15-6-10/h5-6,8,13,18H,4,7H2,1-3H3,(H,14,15)(H,16,17). The van der Waals surface area contributed by atoms with Crippen molar-refractivity contribution in [3.8, 4) is 0 Å². The lowest BCUT2D eigenvalue weighted by atomic mass is 10.2. The summed E-state index contributed by atoms with van der Waals surface area (Å²) in [6, 6.07) is -0.380. The van der Waals surface area contributed by atoms with Crippen molar-refractivity contribution in [3.63, 3.8) is 0 Å². The van der Waals surface area contributed by atoms with E-state index in [4.69, 9.17) is 0 Å². The second-order valence-corrected chi connectivity index (χ2v) is 6.43. The second kappa shape index (κ2) is 6.37. The minimum Gasteiger partial charge on any atom is -0.311 e. The SMILES string of the molecule is CCNCc1n[nH]c(C)c1S(=O)(=O)NC(C)c1cn[nH]c1. The molecule has 1 atom stereocenters. The summed E-state index contributed by atoms with van der Waals surface area (Å²) in [5.41, 5.74) is 1.78. The summed E-state index contributed by atoms with van der Waals surface area (Å²) in [5.74, 6) is 0. The zero-order valence-corrected chi connectivity index (χ0v) is 13.1. The molecule has 21 heavy (non-hydrogen) atoms. The minimum atomic E-state index is -3.66. The van der Waals surface area contributed by atoms with Gasteiger partial charge in [0.1, 0.15) is 4.90 Å². The molecule has 0 saturated heterocycles. The third-order valence-electron chi connectivity index (χ3n) is 3.12. The summed E-state index contributed by atoms with van der Waals surface area (Å²) < 4.78 is 27.8. The van der Waals surface area contributed by atoms with Crippen LogP contribution in [0.4, 0.5) is 0 Å². The van der Waals surface area contributed by atoms with Crippen molar-refractivity contribution in [2.75, 3.05) is 6.54 Å². The Morgan fingerprint density at radius 2 is 2.19 bits per heavy atom. The van der Waals surface area contributed by atoms with Gasteiger partial charge < -0.3 is 5.32 Å². The highest BCUT2D eigenvalue weighted by molar-refractivity contribution is 7.89. The molecule has 9 heteroatoms. The Morgan fingerprint density at radius 1 is 1.43 bits per heavy atom. The molecule has 2 heterocycles. The van der Waals surface area contributed by atoms with E-state index >= 15 is 0 Å². The third-order valence-corrected chi connectivity index (χ3v) is 4.87. The normalized spacial score (nSPS) is 13.5. The van der Waals surface area contributed by atoms with Crippen LogP contribution < -0.4 is 10.0 Å². The van der Waals surface area contributed by atoms with Crippen molar-refractivity contribution in [2.45, 2.75) is 38.3 Å². The molecule has 0 aliphatic carbocycles. The molecule has 2 rings (SSSR count). The van der Waals surface area contributed by atoms with Crippen LogP contribution in [0.15, 0.2) is 17.3 Å². The fraction of sp³-hybridized carbons (Fsp3) is 0.500. The van der Waals surface area contributed by atoms with Crippen molar-refractivity contribution in [2.24, 2.45) is 0 Å². The second-order valence-electron chi connectivity index (χ2n) is 4.78. The molecule has 0 radical (unpaired) electrons. The Hall–Kier alpha value is -1.71. The van der Waals surface area contributed by atoms with Crippen LogP contribution in [0.2, 0.25) is 0 Å². The van der Waals surface area contributed by atoms with Crippen LogP contribution in [0.1, 0.15) is 36.8 Å². The van der Waals surface area contributed by atoms with Crippen LogP contribution >= 0.6 is 0 Å². The van der Waals surface area contributed by atoms with E-state index in [9.17, 15) is 8.42 Å². The summed E-state index contributed by atoms with van der Waals surface area (Å²) in [7, 11) is -3.66. The molecule has 0 amide bonds. The van der Waals surface area contributed by atoms with Gasteiger partial charge in [-0.3, -0.25) is 10.2 Å². The lowest BCUT2D eigenvalue weighted by molar-refractivity contribution is 0.564. The van der Waals surface area contributed by atoms with E-state index in [1.54, 1.807) is 26.2 Å². The Morgan fingerprint density at radius 3 is 2.81 bits per heavy atom. The fourth-order valence-corrected chi connectivity index (χ4v) is 3.64. The first-order valence-corrected chi connectivity index (χ1v) is 8.19. The van der Waals surface area contributed by atoms with Crippen LogP contribution in [0, 0.1) is 6.92 Å². The van der Waals surface area contributed by atoms with Gasteiger partial charge in [0, 0.05) is 24.3 Å². The number of hydrogen-bond acceptors (Lipinski definition) is 5. The van der Waals surface area contributed by atoms with E-state index in [2.05, 4.69) is 30.4 Å². The fourth-order valence-electron chi connectivity index (χ4n) is 2.05. The van der Waals surface area contributed by atoms with E-state index in [-0.39, 0.29) is 10.9 Å². The van der Waals surface area contributed by atoms with Gasteiger partial charge in [-0.25, -0.2) is 13.1 Å². The van der Waals surface area contributed by atoms with Crippen molar-refractivity contribution in [1.82, 2.24) is 30.4 Å². The molecule has 0 aliphatic rings. The third kappa shape index (κ3) is 3.49. The first-order valence-electron chi connectivity index (χ1n) is 6.71. The van der Waals surface area contributed by atoms with Gasteiger partial charge >= 0.3 is 0 Å². The molecule has 1 unspecified atom stereocenters. The molecule has 0 spiro atoms. The first-order chi connectivity index (χ1) is 9.95. The first kappa shape index (κ1) is 15.7. The highest BCUT2D eigenvalue weighted by Gasteiger charge is 2.26. The number of aromatic nitrogens is 4. The predicted octanol–water partition coefficient (Wildman–Crippen LogP) is 0.590. The lowest BCUT2D eigenvalue weighted by Crippen LogP contribution is -2.28. The summed E-state index contributed by atoms with van der Waals surface area (Å²) in [5, 5.41) is 16.4. The molecule has 0 saturated carbocycles. The van der Waals surface area contributed by atoms with Gasteiger partial charge in [0.25, 0.3) is 0 Å². The van der Waals surface area contributed by atoms with Gasteiger partial charge in [0.2, 0.25) is 10.0 Å². The number of nitrogens with zero attached hydrogens (tertiary/aromatic N) is 2. The largest absolute Gasteiger partial charge is 0.311 e. The molecule has 2 aromatic heterocycles. The van der Waals surface area contributed by atoms with Gasteiger partial charge in [0.05, 0.1) is 17.6 Å². The van der Waals surface area contributed by atoms with Gasteiger partial charge in [0.15, 0.2) is 0 Å². The summed E-state index contributed by atoms with van der Waals surface area (Å²) in [6.07, 6.45) is 3.25. The summed E-state index contributed by atoms with van der Waals surface area (Å²) >= 11 is 0. The molecule has 8 nitrogen and oxygen atoms in total. The quantitative estimate of drug-likeness (QED) is 0.597. The summed E-state index contributed by atoms with van der Waals surface area (Å²) in [4.78, 5) is 0.207. The van der Waals surface area contributed by atoms with E-state index < -0.39 is 10.0 Å². The molecule has 0 aliphatic heterocycles. The highest BCUT2D eigenvalue weighted by atomic mass is 32.2. The number of rotatable bonds is 7. The molecule has 116 valence electrons. The Balaban J connectivity index is 2.25. The van der Waals surface area contributed by atoms with Crippen molar-refractivity contribution in [1.29, 1.82) is 0 Å². The Kier molecular flexibility index (Phi) is 4.76. The van der Waals surface area contributed by atoms with Gasteiger partial charge in [-0.15, -0.1) is 0 Å².